The summed E-state index contributed by atoms with van der Waals surface area (Å²) in [5, 5.41) is 5.68. The van der Waals surface area contributed by atoms with Gasteiger partial charge in [0.05, 0.1) is 0 Å². The van der Waals surface area contributed by atoms with Gasteiger partial charge in [-0.25, -0.2) is 14.4 Å². The zero-order valence-corrected chi connectivity index (χ0v) is 15.5. The molecule has 1 heterocycles. The lowest BCUT2D eigenvalue weighted by Crippen LogP contribution is -2.60. The average molecular weight is 342 g/mol. The van der Waals surface area contributed by atoms with E-state index in [0.29, 0.717) is 26.2 Å². The maximum absolute atomic E-state index is 12.3. The molecule has 0 bridgehead atoms. The number of hydrogen-bond donors (Lipinski definition) is 2. The molecule has 1 saturated heterocycles. The Labute approximate surface area is 143 Å². The molecule has 0 radical (unpaired) electrons. The van der Waals surface area contributed by atoms with Crippen molar-refractivity contribution in [3.8, 4) is 0 Å². The monoisotopic (exact) mass is 342 g/mol. The van der Waals surface area contributed by atoms with Crippen LogP contribution in [-0.4, -0.2) is 90.3 Å². The molecule has 1 aliphatic heterocycles. The molecule has 1 rings (SSSR count). The highest BCUT2D eigenvalue weighted by Crippen LogP contribution is 2.17. The molecule has 0 spiro atoms. The van der Waals surface area contributed by atoms with Gasteiger partial charge in [-0.2, -0.15) is 0 Å². The van der Waals surface area contributed by atoms with Crippen LogP contribution in [0, 0.1) is 0 Å². The van der Waals surface area contributed by atoms with Gasteiger partial charge in [0.25, 0.3) is 0 Å². The van der Waals surface area contributed by atoms with Crippen LogP contribution in [-0.2, 0) is 0 Å². The number of nitrogens with one attached hydrogen (secondary N) is 2. The van der Waals surface area contributed by atoms with Crippen molar-refractivity contribution in [3.63, 3.8) is 0 Å². The van der Waals surface area contributed by atoms with E-state index in [1.807, 2.05) is 27.7 Å². The summed E-state index contributed by atoms with van der Waals surface area (Å²) in [6.07, 6.45) is -1.26. The molecule has 138 valence electrons. The van der Waals surface area contributed by atoms with Crippen molar-refractivity contribution in [2.75, 3.05) is 40.3 Å². The second-order valence-corrected chi connectivity index (χ2v) is 5.64. The molecule has 0 aliphatic carbocycles. The first-order valence-electron chi connectivity index (χ1n) is 8.42. The zero-order valence-electron chi connectivity index (χ0n) is 15.5. The van der Waals surface area contributed by atoms with Crippen molar-refractivity contribution < 1.29 is 14.4 Å². The highest BCUT2D eigenvalue weighted by Gasteiger charge is 2.44. The lowest BCUT2D eigenvalue weighted by molar-refractivity contribution is 0.162. The maximum Gasteiger partial charge on any atom is 0.323 e. The molecule has 9 nitrogen and oxygen atoms in total. The van der Waals surface area contributed by atoms with E-state index in [-0.39, 0.29) is 18.1 Å². The fourth-order valence-electron chi connectivity index (χ4n) is 2.72. The molecule has 6 amide bonds. The largest absolute Gasteiger partial charge is 0.325 e. The second-order valence-electron chi connectivity index (χ2n) is 5.64. The molecule has 2 atom stereocenters. The van der Waals surface area contributed by atoms with E-state index in [0.717, 1.165) is 0 Å². The Balaban J connectivity index is 2.91. The van der Waals surface area contributed by atoms with Crippen LogP contribution in [0.2, 0.25) is 0 Å². The number of likely N-dealkylation sites (N-methyl/N-ethyl adjacent to an activating group) is 2. The first kappa shape index (κ1) is 19.9. The Hall–Kier alpha value is -2.19. The number of carbonyl (C=O) groups is 3. The van der Waals surface area contributed by atoms with Crippen molar-refractivity contribution in [2.45, 2.75) is 40.0 Å². The van der Waals surface area contributed by atoms with Gasteiger partial charge in [0, 0.05) is 40.3 Å². The van der Waals surface area contributed by atoms with Crippen molar-refractivity contribution in [2.24, 2.45) is 0 Å². The molecule has 1 fully saturated rings. The van der Waals surface area contributed by atoms with Gasteiger partial charge >= 0.3 is 18.1 Å². The van der Waals surface area contributed by atoms with E-state index in [1.165, 1.54) is 9.80 Å². The Bertz CT molecular complexity index is 424. The molecular weight excluding hydrogens is 312 g/mol. The van der Waals surface area contributed by atoms with Crippen molar-refractivity contribution in [3.05, 3.63) is 0 Å². The minimum atomic E-state index is -0.630. The third-order valence-corrected chi connectivity index (χ3v) is 4.38. The SMILES string of the molecule is CCN(CC)C(=O)N[C@@H]1[C@@H](NC(=O)N(CC)CC)N(C)C(=O)N1C. The van der Waals surface area contributed by atoms with Gasteiger partial charge in [-0.05, 0) is 27.7 Å². The second kappa shape index (κ2) is 8.60. The Morgan fingerprint density at radius 3 is 1.38 bits per heavy atom. The van der Waals surface area contributed by atoms with Crippen molar-refractivity contribution >= 4 is 18.1 Å². The van der Waals surface area contributed by atoms with Gasteiger partial charge in [0.1, 0.15) is 12.3 Å². The first-order valence-corrected chi connectivity index (χ1v) is 8.42. The predicted molar refractivity (Wildman–Crippen MR) is 91.4 cm³/mol. The summed E-state index contributed by atoms with van der Waals surface area (Å²) in [6, 6.07) is -0.784. The average Bonchev–Trinajstić information content (AvgIpc) is 2.75. The zero-order chi connectivity index (χ0) is 18.4. The summed E-state index contributed by atoms with van der Waals surface area (Å²) in [6.45, 7) is 9.82. The van der Waals surface area contributed by atoms with E-state index < -0.39 is 12.3 Å². The summed E-state index contributed by atoms with van der Waals surface area (Å²) in [5.41, 5.74) is 0. The maximum atomic E-state index is 12.3. The smallest absolute Gasteiger partial charge is 0.323 e. The number of rotatable bonds is 6. The van der Waals surface area contributed by atoms with Crippen LogP contribution in [0.15, 0.2) is 0 Å². The summed E-state index contributed by atoms with van der Waals surface area (Å²) >= 11 is 0. The number of hydrogen-bond acceptors (Lipinski definition) is 3. The highest BCUT2D eigenvalue weighted by molar-refractivity contribution is 5.82. The van der Waals surface area contributed by atoms with Gasteiger partial charge in [0.15, 0.2) is 0 Å². The van der Waals surface area contributed by atoms with Crippen molar-refractivity contribution in [1.82, 2.24) is 30.2 Å². The standard InChI is InChI=1S/C15H30N6O3/c1-7-20(8-2)13(22)16-11-12(19(6)15(24)18(11)5)17-14(23)21(9-3)10-4/h11-12H,7-10H2,1-6H3,(H,16,22)(H,17,23)/t11-,12-/m0/s1. The lowest BCUT2D eigenvalue weighted by atomic mass is 10.3. The van der Waals surface area contributed by atoms with Crippen LogP contribution in [0.4, 0.5) is 14.4 Å². The quantitative estimate of drug-likeness (QED) is 0.746. The van der Waals surface area contributed by atoms with Crippen LogP contribution in [0.3, 0.4) is 0 Å². The van der Waals surface area contributed by atoms with E-state index in [9.17, 15) is 14.4 Å². The number of amides is 6. The normalized spacial score (nSPS) is 20.2. The van der Waals surface area contributed by atoms with E-state index in [2.05, 4.69) is 10.6 Å². The third kappa shape index (κ3) is 4.01. The molecule has 24 heavy (non-hydrogen) atoms. The Morgan fingerprint density at radius 2 is 1.12 bits per heavy atom. The van der Waals surface area contributed by atoms with Crippen LogP contribution < -0.4 is 10.6 Å². The molecule has 0 aromatic carbocycles. The molecule has 0 unspecified atom stereocenters. The van der Waals surface area contributed by atoms with Gasteiger partial charge in [-0.1, -0.05) is 0 Å². The Morgan fingerprint density at radius 1 is 0.833 bits per heavy atom. The molecular formula is C15H30N6O3. The van der Waals surface area contributed by atoms with E-state index >= 15 is 0 Å². The summed E-state index contributed by atoms with van der Waals surface area (Å²) in [7, 11) is 3.21. The summed E-state index contributed by atoms with van der Waals surface area (Å²) in [5.74, 6) is 0. The fourth-order valence-corrected chi connectivity index (χ4v) is 2.72. The van der Waals surface area contributed by atoms with Crippen LogP contribution in [0.5, 0.6) is 0 Å². The Kier molecular flexibility index (Phi) is 7.12. The summed E-state index contributed by atoms with van der Waals surface area (Å²) < 4.78 is 0. The molecule has 2 N–H and O–H groups in total. The molecule has 9 heteroatoms. The first-order chi connectivity index (χ1) is 11.3. The van der Waals surface area contributed by atoms with E-state index in [4.69, 9.17) is 0 Å². The van der Waals surface area contributed by atoms with Gasteiger partial charge in [0.2, 0.25) is 0 Å². The number of nitrogens with zero attached hydrogens (tertiary/aromatic N) is 4. The topological polar surface area (TPSA) is 88.2 Å². The number of urea groups is 3. The van der Waals surface area contributed by atoms with Crippen LogP contribution >= 0.6 is 0 Å². The van der Waals surface area contributed by atoms with Gasteiger partial charge < -0.3 is 30.2 Å². The molecule has 0 aromatic heterocycles. The third-order valence-electron chi connectivity index (χ3n) is 4.38. The minimum absolute atomic E-state index is 0.260. The van der Waals surface area contributed by atoms with Crippen LogP contribution in [0.1, 0.15) is 27.7 Å². The van der Waals surface area contributed by atoms with E-state index in [1.54, 1.807) is 23.9 Å². The van der Waals surface area contributed by atoms with Crippen molar-refractivity contribution in [1.29, 1.82) is 0 Å². The minimum Gasteiger partial charge on any atom is -0.325 e. The van der Waals surface area contributed by atoms with Gasteiger partial charge in [-0.15, -0.1) is 0 Å². The number of carbonyl (C=O) groups excluding carboxylic acids is 3. The van der Waals surface area contributed by atoms with Crippen LogP contribution in [0.25, 0.3) is 0 Å². The van der Waals surface area contributed by atoms with Gasteiger partial charge in [-0.3, -0.25) is 0 Å². The molecule has 0 saturated carbocycles. The predicted octanol–water partition coefficient (Wildman–Crippen LogP) is 0.739. The molecule has 1 aliphatic rings. The molecule has 0 aromatic rings. The lowest BCUT2D eigenvalue weighted by Gasteiger charge is -2.31. The summed E-state index contributed by atoms with van der Waals surface area (Å²) in [4.78, 5) is 43.0. The highest BCUT2D eigenvalue weighted by atomic mass is 16.2. The fraction of sp³-hybridized carbons (Fsp3) is 0.800.